The van der Waals surface area contributed by atoms with Gasteiger partial charge in [0.05, 0.1) is 0 Å². The average molecular weight is 260 g/mol. The molecule has 0 atom stereocenters. The Bertz CT molecular complexity index is 398. The molecule has 0 spiro atoms. The number of benzene rings is 1. The van der Waals surface area contributed by atoms with Crippen LogP contribution in [0.1, 0.15) is 39.2 Å². The molecule has 2 rings (SSSR count). The monoisotopic (exact) mass is 260 g/mol. The van der Waals surface area contributed by atoms with Crippen molar-refractivity contribution in [2.45, 2.75) is 40.0 Å². The lowest BCUT2D eigenvalue weighted by Crippen LogP contribution is -2.41. The summed E-state index contributed by atoms with van der Waals surface area (Å²) in [5.74, 6) is 0. The zero-order chi connectivity index (χ0) is 13.7. The molecule has 0 amide bonds. The molecule has 0 radical (unpaired) electrons. The Balaban J connectivity index is 2.11. The highest BCUT2D eigenvalue weighted by atomic mass is 15.1. The third-order valence-electron chi connectivity index (χ3n) is 3.93. The number of para-hydroxylation sites is 1. The molecule has 1 aromatic carbocycles. The lowest BCUT2D eigenvalue weighted by molar-refractivity contribution is 0.344. The van der Waals surface area contributed by atoms with Gasteiger partial charge < -0.3 is 10.2 Å². The molecule has 0 fully saturated rings. The Morgan fingerprint density at radius 3 is 2.79 bits per heavy atom. The molecule has 2 heteroatoms. The van der Waals surface area contributed by atoms with Crippen LogP contribution in [0.15, 0.2) is 24.3 Å². The summed E-state index contributed by atoms with van der Waals surface area (Å²) in [6.07, 6.45) is 3.87. The van der Waals surface area contributed by atoms with Gasteiger partial charge in [-0.05, 0) is 42.9 Å². The molecule has 1 heterocycles. The molecule has 0 bridgehead atoms. The van der Waals surface area contributed by atoms with Crippen molar-refractivity contribution < 1.29 is 0 Å². The summed E-state index contributed by atoms with van der Waals surface area (Å²) in [5, 5.41) is 3.49. The Morgan fingerprint density at radius 1 is 1.21 bits per heavy atom. The minimum atomic E-state index is 0.313. The van der Waals surface area contributed by atoms with Crippen LogP contribution in [0.3, 0.4) is 0 Å². The normalized spacial score (nSPS) is 16.1. The number of anilines is 1. The quantitative estimate of drug-likeness (QED) is 0.872. The largest absolute Gasteiger partial charge is 0.371 e. The molecule has 106 valence electrons. The van der Waals surface area contributed by atoms with E-state index in [-0.39, 0.29) is 0 Å². The second kappa shape index (κ2) is 6.42. The van der Waals surface area contributed by atoms with Crippen molar-refractivity contribution in [3.8, 4) is 0 Å². The van der Waals surface area contributed by atoms with Crippen molar-refractivity contribution >= 4 is 5.69 Å². The van der Waals surface area contributed by atoms with Gasteiger partial charge in [0.2, 0.25) is 0 Å². The number of aryl methyl sites for hydroxylation is 1. The van der Waals surface area contributed by atoms with Gasteiger partial charge >= 0.3 is 0 Å². The van der Waals surface area contributed by atoms with Crippen LogP contribution in [0.5, 0.6) is 0 Å². The fourth-order valence-electron chi connectivity index (χ4n) is 2.97. The third kappa shape index (κ3) is 3.97. The molecule has 0 saturated carbocycles. The minimum Gasteiger partial charge on any atom is -0.371 e. The number of fused-ring (bicyclic) bond motifs is 1. The Hall–Kier alpha value is -1.02. The van der Waals surface area contributed by atoms with Crippen LogP contribution in [0, 0.1) is 5.41 Å². The molecule has 0 aromatic heterocycles. The van der Waals surface area contributed by atoms with Gasteiger partial charge in [-0.3, -0.25) is 0 Å². The predicted molar refractivity (Wildman–Crippen MR) is 83.9 cm³/mol. The summed E-state index contributed by atoms with van der Waals surface area (Å²) in [6.45, 7) is 11.4. The first kappa shape index (κ1) is 14.4. The van der Waals surface area contributed by atoms with Gasteiger partial charge in [-0.25, -0.2) is 0 Å². The number of hydrogen-bond donors (Lipinski definition) is 1. The highest BCUT2D eigenvalue weighted by Crippen LogP contribution is 2.29. The number of rotatable bonds is 5. The Labute approximate surface area is 118 Å². The van der Waals surface area contributed by atoms with Crippen molar-refractivity contribution in [2.24, 2.45) is 5.41 Å². The van der Waals surface area contributed by atoms with Crippen molar-refractivity contribution in [3.63, 3.8) is 0 Å². The molecule has 1 aliphatic rings. The summed E-state index contributed by atoms with van der Waals surface area (Å²) >= 11 is 0. The number of nitrogens with one attached hydrogen (secondary N) is 1. The summed E-state index contributed by atoms with van der Waals surface area (Å²) in [6, 6.07) is 8.94. The highest BCUT2D eigenvalue weighted by Gasteiger charge is 2.23. The molecule has 2 nitrogen and oxygen atoms in total. The molecular weight excluding hydrogens is 232 g/mol. The van der Waals surface area contributed by atoms with Crippen molar-refractivity contribution in [1.82, 2.24) is 5.32 Å². The van der Waals surface area contributed by atoms with Crippen LogP contribution in [0.2, 0.25) is 0 Å². The lowest BCUT2D eigenvalue weighted by atomic mass is 9.92. The lowest BCUT2D eigenvalue weighted by Gasteiger charge is -2.34. The van der Waals surface area contributed by atoms with Gasteiger partial charge in [-0.1, -0.05) is 39.0 Å². The van der Waals surface area contributed by atoms with Crippen LogP contribution in [0.4, 0.5) is 5.69 Å². The number of hydrogen-bond acceptors (Lipinski definition) is 2. The van der Waals surface area contributed by atoms with Gasteiger partial charge in [0.25, 0.3) is 0 Å². The van der Waals surface area contributed by atoms with E-state index in [1.807, 2.05) is 0 Å². The van der Waals surface area contributed by atoms with E-state index in [2.05, 4.69) is 55.3 Å². The second-order valence-corrected chi connectivity index (χ2v) is 6.45. The maximum atomic E-state index is 3.49. The smallest absolute Gasteiger partial charge is 0.0398 e. The van der Waals surface area contributed by atoms with Crippen LogP contribution in [-0.4, -0.2) is 26.2 Å². The average Bonchev–Trinajstić information content (AvgIpc) is 2.59. The van der Waals surface area contributed by atoms with Gasteiger partial charge in [0.15, 0.2) is 0 Å². The first-order valence-electron chi connectivity index (χ1n) is 7.66. The second-order valence-electron chi connectivity index (χ2n) is 6.45. The van der Waals surface area contributed by atoms with E-state index < -0.39 is 0 Å². The first-order chi connectivity index (χ1) is 9.12. The standard InChI is InChI=1S/C17H28N2/c1-4-18-13-17(2,3)14-19-12-8-7-10-15-9-5-6-11-16(15)19/h5-6,9,11,18H,4,7-8,10,12-14H2,1-3H3. The predicted octanol–water partition coefficient (Wildman–Crippen LogP) is 3.47. The van der Waals surface area contributed by atoms with E-state index in [0.717, 1.165) is 19.6 Å². The minimum absolute atomic E-state index is 0.313. The zero-order valence-corrected chi connectivity index (χ0v) is 12.7. The van der Waals surface area contributed by atoms with E-state index in [0.29, 0.717) is 5.41 Å². The molecule has 1 aromatic rings. The molecule has 1 N–H and O–H groups in total. The topological polar surface area (TPSA) is 15.3 Å². The fraction of sp³-hybridized carbons (Fsp3) is 0.647. The third-order valence-corrected chi connectivity index (χ3v) is 3.93. The van der Waals surface area contributed by atoms with E-state index in [4.69, 9.17) is 0 Å². The van der Waals surface area contributed by atoms with Crippen LogP contribution in [0.25, 0.3) is 0 Å². The van der Waals surface area contributed by atoms with Crippen LogP contribution < -0.4 is 10.2 Å². The molecule has 1 aliphatic heterocycles. The highest BCUT2D eigenvalue weighted by molar-refractivity contribution is 5.54. The van der Waals surface area contributed by atoms with Crippen molar-refractivity contribution in [1.29, 1.82) is 0 Å². The molecule has 0 unspecified atom stereocenters. The summed E-state index contributed by atoms with van der Waals surface area (Å²) in [5.41, 5.74) is 3.30. The SMILES string of the molecule is CCNCC(C)(C)CN1CCCCc2ccccc21. The van der Waals surface area contributed by atoms with Gasteiger partial charge in [0, 0.05) is 25.3 Å². The number of nitrogens with zero attached hydrogens (tertiary/aromatic N) is 1. The van der Waals surface area contributed by atoms with Crippen LogP contribution in [-0.2, 0) is 6.42 Å². The Morgan fingerprint density at radius 2 is 2.00 bits per heavy atom. The summed E-state index contributed by atoms with van der Waals surface area (Å²) < 4.78 is 0. The van der Waals surface area contributed by atoms with E-state index in [1.165, 1.54) is 37.1 Å². The molecule has 19 heavy (non-hydrogen) atoms. The van der Waals surface area contributed by atoms with E-state index in [1.54, 1.807) is 0 Å². The van der Waals surface area contributed by atoms with E-state index >= 15 is 0 Å². The van der Waals surface area contributed by atoms with Gasteiger partial charge in [-0.2, -0.15) is 0 Å². The van der Waals surface area contributed by atoms with Crippen molar-refractivity contribution in [3.05, 3.63) is 29.8 Å². The Kier molecular flexibility index (Phi) is 4.87. The maximum Gasteiger partial charge on any atom is 0.0398 e. The van der Waals surface area contributed by atoms with Crippen LogP contribution >= 0.6 is 0 Å². The summed E-state index contributed by atoms with van der Waals surface area (Å²) in [7, 11) is 0. The van der Waals surface area contributed by atoms with Gasteiger partial charge in [0.1, 0.15) is 0 Å². The summed E-state index contributed by atoms with van der Waals surface area (Å²) in [4.78, 5) is 2.60. The first-order valence-corrected chi connectivity index (χ1v) is 7.66. The molecule has 0 aliphatic carbocycles. The zero-order valence-electron chi connectivity index (χ0n) is 12.7. The van der Waals surface area contributed by atoms with Crippen molar-refractivity contribution in [2.75, 3.05) is 31.1 Å². The van der Waals surface area contributed by atoms with Gasteiger partial charge in [-0.15, -0.1) is 0 Å². The fourth-order valence-corrected chi connectivity index (χ4v) is 2.97. The maximum absolute atomic E-state index is 3.49. The molecule has 0 saturated heterocycles. The molecular formula is C17H28N2. The van der Waals surface area contributed by atoms with E-state index in [9.17, 15) is 0 Å².